The molecule has 1 saturated heterocycles. The van der Waals surface area contributed by atoms with Crippen LogP contribution in [0.15, 0.2) is 21.3 Å². The van der Waals surface area contributed by atoms with Gasteiger partial charge >= 0.3 is 5.69 Å². The Labute approximate surface area is 139 Å². The van der Waals surface area contributed by atoms with E-state index in [-0.39, 0.29) is 23.3 Å². The van der Waals surface area contributed by atoms with Crippen molar-refractivity contribution in [1.82, 2.24) is 19.7 Å². The highest BCUT2D eigenvalue weighted by atomic mass is 16.6. The number of nitrogens with zero attached hydrogens (tertiary/aromatic N) is 3. The highest BCUT2D eigenvalue weighted by molar-refractivity contribution is 5.91. The summed E-state index contributed by atoms with van der Waals surface area (Å²) in [5.74, 6) is 1.22. The van der Waals surface area contributed by atoms with Crippen LogP contribution in [-0.2, 0) is 6.54 Å². The van der Waals surface area contributed by atoms with Crippen LogP contribution in [0.3, 0.4) is 0 Å². The van der Waals surface area contributed by atoms with Crippen molar-refractivity contribution in [3.63, 3.8) is 0 Å². The number of rotatable bonds is 5. The van der Waals surface area contributed by atoms with Crippen molar-refractivity contribution < 1.29 is 13.9 Å². The molecule has 1 aliphatic heterocycles. The highest BCUT2D eigenvalue weighted by Gasteiger charge is 2.30. The number of nitrogens with one attached hydrogen (secondary N) is 1. The Kier molecular flexibility index (Phi) is 4.73. The molecule has 0 aliphatic carbocycles. The van der Waals surface area contributed by atoms with Gasteiger partial charge in [-0.2, -0.15) is 5.10 Å². The molecule has 1 N–H and O–H groups in total. The molecule has 0 aromatic carbocycles. The van der Waals surface area contributed by atoms with Crippen LogP contribution in [0.2, 0.25) is 0 Å². The summed E-state index contributed by atoms with van der Waals surface area (Å²) < 4.78 is 12.3. The van der Waals surface area contributed by atoms with E-state index >= 15 is 0 Å². The van der Waals surface area contributed by atoms with Crippen molar-refractivity contribution in [3.05, 3.63) is 34.2 Å². The molecular weight excluding hydrogens is 312 g/mol. The van der Waals surface area contributed by atoms with Gasteiger partial charge < -0.3 is 14.1 Å². The second kappa shape index (κ2) is 6.94. The Morgan fingerprint density at radius 2 is 2.29 bits per heavy atom. The molecule has 2 aromatic rings. The zero-order valence-electron chi connectivity index (χ0n) is 13.9. The summed E-state index contributed by atoms with van der Waals surface area (Å²) >= 11 is 0. The SMILES string of the molecule is CCOc1ccc(C(=O)N2CCC[C@H](c3n[nH]c(=O)n3CC)C2)o1. The Morgan fingerprint density at radius 3 is 3.04 bits per heavy atom. The maximum atomic E-state index is 12.6. The number of hydrogen-bond acceptors (Lipinski definition) is 5. The van der Waals surface area contributed by atoms with Gasteiger partial charge in [-0.3, -0.25) is 9.36 Å². The first-order chi connectivity index (χ1) is 11.6. The molecule has 130 valence electrons. The average molecular weight is 334 g/mol. The molecule has 1 aliphatic rings. The van der Waals surface area contributed by atoms with E-state index in [1.165, 1.54) is 0 Å². The lowest BCUT2D eigenvalue weighted by Gasteiger charge is -2.31. The van der Waals surface area contributed by atoms with E-state index in [0.29, 0.717) is 32.2 Å². The van der Waals surface area contributed by atoms with Gasteiger partial charge in [0.05, 0.1) is 6.61 Å². The standard InChI is InChI=1S/C16H22N4O4/c1-3-20-14(17-18-16(20)22)11-6-5-9-19(10-11)15(21)12-7-8-13(24-12)23-4-2/h7-8,11H,3-6,9-10H2,1-2H3,(H,18,22)/t11-/m0/s1. The first-order valence-corrected chi connectivity index (χ1v) is 8.31. The van der Waals surface area contributed by atoms with Crippen LogP contribution < -0.4 is 10.4 Å². The predicted molar refractivity (Wildman–Crippen MR) is 86.3 cm³/mol. The number of carbonyl (C=O) groups is 1. The van der Waals surface area contributed by atoms with Gasteiger partial charge in [0.15, 0.2) is 5.76 Å². The molecule has 1 amide bonds. The van der Waals surface area contributed by atoms with Gasteiger partial charge in [-0.05, 0) is 32.8 Å². The van der Waals surface area contributed by atoms with Crippen molar-refractivity contribution in [1.29, 1.82) is 0 Å². The molecule has 2 aromatic heterocycles. The lowest BCUT2D eigenvalue weighted by Crippen LogP contribution is -2.40. The van der Waals surface area contributed by atoms with Gasteiger partial charge in [0.2, 0.25) is 0 Å². The minimum Gasteiger partial charge on any atom is -0.465 e. The quantitative estimate of drug-likeness (QED) is 0.896. The third-order valence-corrected chi connectivity index (χ3v) is 4.26. The number of ether oxygens (including phenoxy) is 1. The second-order valence-electron chi connectivity index (χ2n) is 5.77. The summed E-state index contributed by atoms with van der Waals surface area (Å²) in [4.78, 5) is 26.1. The number of piperidine rings is 1. The fourth-order valence-electron chi connectivity index (χ4n) is 3.13. The Morgan fingerprint density at radius 1 is 1.46 bits per heavy atom. The molecule has 1 fully saturated rings. The molecule has 3 heterocycles. The minimum absolute atomic E-state index is 0.0444. The van der Waals surface area contributed by atoms with Gasteiger partial charge in [0.1, 0.15) is 5.82 Å². The number of H-pyrrole nitrogens is 1. The molecule has 3 rings (SSSR count). The largest absolute Gasteiger partial charge is 0.465 e. The average Bonchev–Trinajstić information content (AvgIpc) is 3.21. The molecule has 0 bridgehead atoms. The summed E-state index contributed by atoms with van der Waals surface area (Å²) in [5.41, 5.74) is -0.205. The Hall–Kier alpha value is -2.51. The van der Waals surface area contributed by atoms with Crippen LogP contribution in [0, 0.1) is 0 Å². The van der Waals surface area contributed by atoms with Crippen LogP contribution in [-0.4, -0.2) is 45.3 Å². The summed E-state index contributed by atoms with van der Waals surface area (Å²) in [6.07, 6.45) is 1.76. The monoisotopic (exact) mass is 334 g/mol. The maximum absolute atomic E-state index is 12.6. The zero-order valence-corrected chi connectivity index (χ0v) is 13.9. The zero-order chi connectivity index (χ0) is 17.1. The summed E-state index contributed by atoms with van der Waals surface area (Å²) in [7, 11) is 0. The fourth-order valence-corrected chi connectivity index (χ4v) is 3.13. The number of carbonyl (C=O) groups excluding carboxylic acids is 1. The van der Waals surface area contributed by atoms with Crippen LogP contribution in [0.5, 0.6) is 5.95 Å². The first-order valence-electron chi connectivity index (χ1n) is 8.31. The molecule has 8 heteroatoms. The van der Waals surface area contributed by atoms with Crippen LogP contribution in [0.4, 0.5) is 0 Å². The lowest BCUT2D eigenvalue weighted by molar-refractivity contribution is 0.0663. The molecule has 8 nitrogen and oxygen atoms in total. The van der Waals surface area contributed by atoms with Crippen LogP contribution in [0.1, 0.15) is 49.0 Å². The van der Waals surface area contributed by atoms with Crippen LogP contribution in [0.25, 0.3) is 0 Å². The molecular formula is C16H22N4O4. The summed E-state index contributed by atoms with van der Waals surface area (Å²) in [6.45, 7) is 6.00. The minimum atomic E-state index is -0.205. The molecule has 0 spiro atoms. The van der Waals surface area contributed by atoms with Crippen molar-refractivity contribution in [2.45, 2.75) is 39.2 Å². The second-order valence-corrected chi connectivity index (χ2v) is 5.77. The lowest BCUT2D eigenvalue weighted by atomic mass is 9.97. The normalized spacial score (nSPS) is 17.9. The van der Waals surface area contributed by atoms with E-state index in [1.807, 2.05) is 13.8 Å². The first kappa shape index (κ1) is 16.4. The third-order valence-electron chi connectivity index (χ3n) is 4.26. The molecule has 0 unspecified atom stereocenters. The fraction of sp³-hybridized carbons (Fsp3) is 0.562. The van der Waals surface area contributed by atoms with Crippen molar-refractivity contribution in [2.24, 2.45) is 0 Å². The molecule has 0 saturated carbocycles. The predicted octanol–water partition coefficient (Wildman–Crippen LogP) is 1.60. The molecule has 1 atom stereocenters. The highest BCUT2D eigenvalue weighted by Crippen LogP contribution is 2.27. The summed E-state index contributed by atoms with van der Waals surface area (Å²) in [6, 6.07) is 3.29. The van der Waals surface area contributed by atoms with Gasteiger partial charge in [0, 0.05) is 31.6 Å². The third kappa shape index (κ3) is 3.08. The van der Waals surface area contributed by atoms with E-state index in [4.69, 9.17) is 9.15 Å². The molecule has 24 heavy (non-hydrogen) atoms. The van der Waals surface area contributed by atoms with Crippen LogP contribution >= 0.6 is 0 Å². The summed E-state index contributed by atoms with van der Waals surface area (Å²) in [5, 5.41) is 6.65. The van der Waals surface area contributed by atoms with Gasteiger partial charge in [-0.1, -0.05) is 0 Å². The van der Waals surface area contributed by atoms with Gasteiger partial charge in [-0.15, -0.1) is 0 Å². The number of aromatic nitrogens is 3. The van der Waals surface area contributed by atoms with E-state index < -0.39 is 0 Å². The molecule has 0 radical (unpaired) electrons. The van der Waals surface area contributed by atoms with E-state index in [9.17, 15) is 9.59 Å². The van der Waals surface area contributed by atoms with Crippen molar-refractivity contribution >= 4 is 5.91 Å². The van der Waals surface area contributed by atoms with Crippen molar-refractivity contribution in [2.75, 3.05) is 19.7 Å². The Balaban J connectivity index is 1.74. The van der Waals surface area contributed by atoms with Crippen molar-refractivity contribution in [3.8, 4) is 5.95 Å². The maximum Gasteiger partial charge on any atom is 0.343 e. The van der Waals surface area contributed by atoms with Gasteiger partial charge in [-0.25, -0.2) is 9.89 Å². The van der Waals surface area contributed by atoms with Gasteiger partial charge in [0.25, 0.3) is 11.9 Å². The smallest absolute Gasteiger partial charge is 0.343 e. The number of hydrogen-bond donors (Lipinski definition) is 1. The number of likely N-dealkylation sites (tertiary alicyclic amines) is 1. The van der Waals surface area contributed by atoms with E-state index in [1.54, 1.807) is 21.6 Å². The van der Waals surface area contributed by atoms with E-state index in [2.05, 4.69) is 10.2 Å². The topological polar surface area (TPSA) is 93.4 Å². The Bertz CT molecular complexity index is 760. The number of amides is 1. The number of furan rings is 1. The van der Waals surface area contributed by atoms with E-state index in [0.717, 1.165) is 18.7 Å². The number of aromatic amines is 1.